The van der Waals surface area contributed by atoms with Crippen LogP contribution in [0.5, 0.6) is 0 Å². The summed E-state index contributed by atoms with van der Waals surface area (Å²) in [5.74, 6) is 0.851. The number of nitrogens with zero attached hydrogens (tertiary/aromatic N) is 3. The Morgan fingerprint density at radius 3 is 2.65 bits per heavy atom. The summed E-state index contributed by atoms with van der Waals surface area (Å²) in [6, 6.07) is 1.53. The van der Waals surface area contributed by atoms with Gasteiger partial charge >= 0.3 is 0 Å². The molecular formula is C11H12Cl2N4. The first kappa shape index (κ1) is 12.4. The third kappa shape index (κ3) is 2.44. The zero-order valence-electron chi connectivity index (χ0n) is 9.48. The van der Waals surface area contributed by atoms with Crippen LogP contribution in [0.3, 0.4) is 0 Å². The number of pyridine rings is 1. The van der Waals surface area contributed by atoms with Crippen LogP contribution < -0.4 is 5.32 Å². The lowest BCUT2D eigenvalue weighted by Gasteiger charge is -2.16. The number of aromatic nitrogens is 3. The molecule has 0 amide bonds. The van der Waals surface area contributed by atoms with Crippen LogP contribution in [-0.4, -0.2) is 21.6 Å². The van der Waals surface area contributed by atoms with Crippen LogP contribution in [-0.2, 0) is 7.05 Å². The summed E-state index contributed by atoms with van der Waals surface area (Å²) >= 11 is 12.0. The van der Waals surface area contributed by atoms with E-state index in [1.54, 1.807) is 18.5 Å². The van der Waals surface area contributed by atoms with E-state index in [1.165, 1.54) is 0 Å². The molecule has 1 N–H and O–H groups in total. The number of imidazole rings is 1. The summed E-state index contributed by atoms with van der Waals surface area (Å²) in [5.41, 5.74) is 0.716. The molecule has 2 aromatic heterocycles. The number of hydrogen-bond donors (Lipinski definition) is 1. The van der Waals surface area contributed by atoms with Gasteiger partial charge in [-0.2, -0.15) is 0 Å². The molecule has 2 heterocycles. The highest BCUT2D eigenvalue weighted by Crippen LogP contribution is 2.27. The van der Waals surface area contributed by atoms with Crippen molar-refractivity contribution in [3.8, 4) is 0 Å². The van der Waals surface area contributed by atoms with E-state index in [0.717, 1.165) is 5.82 Å². The number of aryl methyl sites for hydroxylation is 1. The Morgan fingerprint density at radius 2 is 2.12 bits per heavy atom. The molecule has 0 aliphatic carbocycles. The van der Waals surface area contributed by atoms with Crippen molar-refractivity contribution in [2.75, 3.05) is 7.05 Å². The summed E-state index contributed by atoms with van der Waals surface area (Å²) < 4.78 is 1.92. The molecule has 1 unspecified atom stereocenters. The van der Waals surface area contributed by atoms with Crippen LogP contribution in [0.4, 0.5) is 0 Å². The molecule has 90 valence electrons. The monoisotopic (exact) mass is 270 g/mol. The molecule has 1 atom stereocenters. The SMILES string of the molecule is CNC(c1ncc(Cl)cc1Cl)c1nccn1C. The van der Waals surface area contributed by atoms with Gasteiger partial charge in [0.05, 0.1) is 15.7 Å². The first-order valence-electron chi connectivity index (χ1n) is 5.09. The average Bonchev–Trinajstić information content (AvgIpc) is 2.69. The smallest absolute Gasteiger partial charge is 0.131 e. The summed E-state index contributed by atoms with van der Waals surface area (Å²) in [6.07, 6.45) is 5.20. The Balaban J connectivity index is 2.46. The van der Waals surface area contributed by atoms with Crippen molar-refractivity contribution in [3.63, 3.8) is 0 Å². The van der Waals surface area contributed by atoms with E-state index in [2.05, 4.69) is 15.3 Å². The van der Waals surface area contributed by atoms with Crippen molar-refractivity contribution in [3.05, 3.63) is 46.2 Å². The zero-order chi connectivity index (χ0) is 12.4. The molecule has 0 spiro atoms. The second kappa shape index (κ2) is 5.04. The van der Waals surface area contributed by atoms with Gasteiger partial charge < -0.3 is 9.88 Å². The van der Waals surface area contributed by atoms with Crippen LogP contribution in [0.25, 0.3) is 0 Å². The fourth-order valence-corrected chi connectivity index (χ4v) is 2.17. The second-order valence-electron chi connectivity index (χ2n) is 3.64. The van der Waals surface area contributed by atoms with Crippen LogP contribution in [0.2, 0.25) is 10.0 Å². The minimum Gasteiger partial charge on any atom is -0.336 e. The molecule has 17 heavy (non-hydrogen) atoms. The Kier molecular flexibility index (Phi) is 3.66. The molecule has 0 aromatic carbocycles. The molecular weight excluding hydrogens is 259 g/mol. The van der Waals surface area contributed by atoms with Crippen molar-refractivity contribution >= 4 is 23.2 Å². The molecule has 0 aliphatic rings. The van der Waals surface area contributed by atoms with Gasteiger partial charge in [-0.15, -0.1) is 0 Å². The lowest BCUT2D eigenvalue weighted by atomic mass is 10.1. The highest BCUT2D eigenvalue weighted by atomic mass is 35.5. The molecule has 2 rings (SSSR count). The standard InChI is InChI=1S/C11H12Cl2N4/c1-14-10(11-15-3-4-17(11)2)9-8(13)5-7(12)6-16-9/h3-6,10,14H,1-2H3. The maximum atomic E-state index is 6.15. The number of rotatable bonds is 3. The molecule has 2 aromatic rings. The van der Waals surface area contributed by atoms with E-state index in [9.17, 15) is 0 Å². The Hall–Kier alpha value is -1.10. The summed E-state index contributed by atoms with van der Waals surface area (Å²) in [6.45, 7) is 0. The fourth-order valence-electron chi connectivity index (χ4n) is 1.68. The molecule has 0 bridgehead atoms. The first-order chi connectivity index (χ1) is 8.13. The van der Waals surface area contributed by atoms with E-state index >= 15 is 0 Å². The number of hydrogen-bond acceptors (Lipinski definition) is 3. The lowest BCUT2D eigenvalue weighted by molar-refractivity contribution is 0.603. The molecule has 0 radical (unpaired) electrons. The highest BCUT2D eigenvalue weighted by molar-refractivity contribution is 6.34. The van der Waals surface area contributed by atoms with Crippen molar-refractivity contribution in [2.24, 2.45) is 7.05 Å². The Morgan fingerprint density at radius 1 is 1.35 bits per heavy atom. The first-order valence-corrected chi connectivity index (χ1v) is 5.84. The molecule has 0 saturated heterocycles. The molecule has 0 aliphatic heterocycles. The van der Waals surface area contributed by atoms with Gasteiger partial charge in [-0.1, -0.05) is 23.2 Å². The van der Waals surface area contributed by atoms with Gasteiger partial charge in [0.1, 0.15) is 11.9 Å². The van der Waals surface area contributed by atoms with Crippen LogP contribution in [0.15, 0.2) is 24.7 Å². The van der Waals surface area contributed by atoms with Gasteiger partial charge in [0.15, 0.2) is 0 Å². The van der Waals surface area contributed by atoms with Gasteiger partial charge in [-0.3, -0.25) is 4.98 Å². The molecule has 6 heteroatoms. The predicted octanol–water partition coefficient (Wildman–Crippen LogP) is 2.43. The van der Waals surface area contributed by atoms with Crippen molar-refractivity contribution < 1.29 is 0 Å². The van der Waals surface area contributed by atoms with Gasteiger partial charge in [-0.25, -0.2) is 4.98 Å². The quantitative estimate of drug-likeness (QED) is 0.932. The van der Waals surface area contributed by atoms with Gasteiger partial charge in [0.25, 0.3) is 0 Å². The van der Waals surface area contributed by atoms with E-state index in [1.807, 2.05) is 24.9 Å². The summed E-state index contributed by atoms with van der Waals surface area (Å²) in [7, 11) is 3.77. The predicted molar refractivity (Wildman–Crippen MR) is 68.4 cm³/mol. The number of nitrogens with one attached hydrogen (secondary N) is 1. The van der Waals surface area contributed by atoms with Crippen molar-refractivity contribution in [2.45, 2.75) is 6.04 Å². The van der Waals surface area contributed by atoms with Crippen molar-refractivity contribution in [1.82, 2.24) is 19.9 Å². The minimum atomic E-state index is -0.153. The highest BCUT2D eigenvalue weighted by Gasteiger charge is 2.20. The third-order valence-corrected chi connectivity index (χ3v) is 3.02. The second-order valence-corrected chi connectivity index (χ2v) is 4.48. The van der Waals surface area contributed by atoms with Crippen LogP contribution in [0, 0.1) is 0 Å². The average molecular weight is 271 g/mol. The Bertz CT molecular complexity index is 524. The lowest BCUT2D eigenvalue weighted by Crippen LogP contribution is -2.22. The maximum absolute atomic E-state index is 6.15. The minimum absolute atomic E-state index is 0.153. The van der Waals surface area contributed by atoms with E-state index < -0.39 is 0 Å². The largest absolute Gasteiger partial charge is 0.336 e. The molecule has 4 nitrogen and oxygen atoms in total. The van der Waals surface area contributed by atoms with Crippen molar-refractivity contribution in [1.29, 1.82) is 0 Å². The van der Waals surface area contributed by atoms with Gasteiger partial charge in [0, 0.05) is 25.6 Å². The van der Waals surface area contributed by atoms with Crippen LogP contribution >= 0.6 is 23.2 Å². The maximum Gasteiger partial charge on any atom is 0.131 e. The zero-order valence-corrected chi connectivity index (χ0v) is 11.0. The Labute approximate surface area is 110 Å². The molecule has 0 fully saturated rings. The topological polar surface area (TPSA) is 42.7 Å². The molecule has 0 saturated carbocycles. The van der Waals surface area contributed by atoms with E-state index in [0.29, 0.717) is 15.7 Å². The van der Waals surface area contributed by atoms with Crippen LogP contribution in [0.1, 0.15) is 17.6 Å². The van der Waals surface area contributed by atoms with E-state index in [-0.39, 0.29) is 6.04 Å². The van der Waals surface area contributed by atoms with Gasteiger partial charge in [-0.05, 0) is 13.1 Å². The number of halogens is 2. The van der Waals surface area contributed by atoms with E-state index in [4.69, 9.17) is 23.2 Å². The fraction of sp³-hybridized carbons (Fsp3) is 0.273. The summed E-state index contributed by atoms with van der Waals surface area (Å²) in [4.78, 5) is 8.56. The van der Waals surface area contributed by atoms with Gasteiger partial charge in [0.2, 0.25) is 0 Å². The summed E-state index contributed by atoms with van der Waals surface area (Å²) in [5, 5.41) is 4.20. The normalized spacial score (nSPS) is 12.7. The third-order valence-electron chi connectivity index (χ3n) is 2.52.